The lowest BCUT2D eigenvalue weighted by Crippen LogP contribution is -2.34. The molecule has 2 aliphatic rings. The minimum absolute atomic E-state index is 0.209. The fraction of sp³-hybridized carbons (Fsp3) is 0.895. The zero-order chi connectivity index (χ0) is 19.1. The van der Waals surface area contributed by atoms with E-state index in [0.29, 0.717) is 18.9 Å². The van der Waals surface area contributed by atoms with Crippen LogP contribution >= 0.6 is 0 Å². The van der Waals surface area contributed by atoms with Crippen LogP contribution in [-0.2, 0) is 22.6 Å². The number of aryl methyl sites for hydroxylation is 1. The van der Waals surface area contributed by atoms with Gasteiger partial charge < -0.3 is 9.64 Å². The molecule has 1 amide bonds. The summed E-state index contributed by atoms with van der Waals surface area (Å²) >= 11 is 0. The predicted octanol–water partition coefficient (Wildman–Crippen LogP) is 1.57. The SMILES string of the molecule is CC1CCN(Cc2nnnn2CCCC(=O)N(C)CC2CCOCC2)CC1. The molecular weight excluding hydrogens is 344 g/mol. The molecule has 0 saturated carbocycles. The monoisotopic (exact) mass is 378 g/mol. The molecule has 0 aliphatic carbocycles. The van der Waals surface area contributed by atoms with Crippen molar-refractivity contribution in [3.8, 4) is 0 Å². The Morgan fingerprint density at radius 3 is 2.70 bits per heavy atom. The zero-order valence-electron chi connectivity index (χ0n) is 16.8. The van der Waals surface area contributed by atoms with Gasteiger partial charge in [-0.1, -0.05) is 6.92 Å². The van der Waals surface area contributed by atoms with E-state index in [1.165, 1.54) is 12.8 Å². The summed E-state index contributed by atoms with van der Waals surface area (Å²) in [6.07, 6.45) is 5.92. The number of likely N-dealkylation sites (tertiary alicyclic amines) is 1. The molecule has 8 nitrogen and oxygen atoms in total. The topological polar surface area (TPSA) is 76.4 Å². The van der Waals surface area contributed by atoms with Crippen molar-refractivity contribution in [2.45, 2.75) is 58.5 Å². The number of nitrogens with zero attached hydrogens (tertiary/aromatic N) is 6. The predicted molar refractivity (Wildman–Crippen MR) is 102 cm³/mol. The molecule has 1 aromatic heterocycles. The number of ether oxygens (including phenoxy) is 1. The first-order valence-corrected chi connectivity index (χ1v) is 10.4. The summed E-state index contributed by atoms with van der Waals surface area (Å²) < 4.78 is 7.26. The lowest BCUT2D eigenvalue weighted by molar-refractivity contribution is -0.131. The second-order valence-electron chi connectivity index (χ2n) is 8.21. The third-order valence-electron chi connectivity index (χ3n) is 5.91. The molecule has 0 bridgehead atoms. The highest BCUT2D eigenvalue weighted by atomic mass is 16.5. The maximum Gasteiger partial charge on any atom is 0.222 e. The Morgan fingerprint density at radius 1 is 1.22 bits per heavy atom. The van der Waals surface area contributed by atoms with Crippen molar-refractivity contribution >= 4 is 5.91 Å². The fourth-order valence-corrected chi connectivity index (χ4v) is 3.92. The van der Waals surface area contributed by atoms with Gasteiger partial charge in [0.1, 0.15) is 0 Å². The first-order chi connectivity index (χ1) is 13.1. The van der Waals surface area contributed by atoms with Crippen molar-refractivity contribution in [1.82, 2.24) is 30.0 Å². The first kappa shape index (κ1) is 20.2. The number of rotatable bonds is 8. The molecule has 0 aromatic carbocycles. The Labute approximate surface area is 162 Å². The van der Waals surface area contributed by atoms with Gasteiger partial charge in [-0.05, 0) is 67.5 Å². The van der Waals surface area contributed by atoms with Gasteiger partial charge in [0.2, 0.25) is 5.91 Å². The summed E-state index contributed by atoms with van der Waals surface area (Å²) in [5, 5.41) is 12.2. The van der Waals surface area contributed by atoms with E-state index in [1.54, 1.807) is 0 Å². The average Bonchev–Trinajstić information content (AvgIpc) is 3.11. The third-order valence-corrected chi connectivity index (χ3v) is 5.91. The highest BCUT2D eigenvalue weighted by molar-refractivity contribution is 5.75. The number of hydrogen-bond acceptors (Lipinski definition) is 6. The number of carbonyl (C=O) groups excluding carboxylic acids is 1. The number of carbonyl (C=O) groups is 1. The maximum atomic E-state index is 12.4. The molecule has 0 unspecified atom stereocenters. The van der Waals surface area contributed by atoms with E-state index in [0.717, 1.165) is 70.4 Å². The number of hydrogen-bond donors (Lipinski definition) is 0. The van der Waals surface area contributed by atoms with Gasteiger partial charge in [-0.25, -0.2) is 4.68 Å². The summed E-state index contributed by atoms with van der Waals surface area (Å²) in [7, 11) is 1.91. The van der Waals surface area contributed by atoms with E-state index >= 15 is 0 Å². The summed E-state index contributed by atoms with van der Waals surface area (Å²) in [5.41, 5.74) is 0. The number of aromatic nitrogens is 4. The van der Waals surface area contributed by atoms with Gasteiger partial charge in [0.25, 0.3) is 0 Å². The molecule has 2 saturated heterocycles. The number of piperidine rings is 1. The average molecular weight is 379 g/mol. The van der Waals surface area contributed by atoms with Crippen LogP contribution in [0.25, 0.3) is 0 Å². The van der Waals surface area contributed by atoms with Crippen LogP contribution in [0.1, 0.15) is 51.3 Å². The molecule has 0 spiro atoms. The first-order valence-electron chi connectivity index (χ1n) is 10.4. The molecule has 27 heavy (non-hydrogen) atoms. The van der Waals surface area contributed by atoms with Crippen molar-refractivity contribution in [2.75, 3.05) is 39.9 Å². The van der Waals surface area contributed by atoms with Crippen LogP contribution in [-0.4, -0.2) is 75.8 Å². The van der Waals surface area contributed by atoms with Crippen LogP contribution in [0.2, 0.25) is 0 Å². The molecule has 0 radical (unpaired) electrons. The van der Waals surface area contributed by atoms with Gasteiger partial charge in [-0.15, -0.1) is 5.10 Å². The smallest absolute Gasteiger partial charge is 0.222 e. The van der Waals surface area contributed by atoms with Crippen LogP contribution in [0.3, 0.4) is 0 Å². The molecule has 3 rings (SSSR count). The largest absolute Gasteiger partial charge is 0.381 e. The number of tetrazole rings is 1. The van der Waals surface area contributed by atoms with Crippen LogP contribution < -0.4 is 0 Å². The highest BCUT2D eigenvalue weighted by Crippen LogP contribution is 2.18. The van der Waals surface area contributed by atoms with Crippen molar-refractivity contribution in [3.63, 3.8) is 0 Å². The molecule has 8 heteroatoms. The van der Waals surface area contributed by atoms with Crippen molar-refractivity contribution in [2.24, 2.45) is 11.8 Å². The van der Waals surface area contributed by atoms with E-state index in [2.05, 4.69) is 27.3 Å². The highest BCUT2D eigenvalue weighted by Gasteiger charge is 2.20. The van der Waals surface area contributed by atoms with Gasteiger partial charge in [0.05, 0.1) is 6.54 Å². The van der Waals surface area contributed by atoms with Gasteiger partial charge in [0, 0.05) is 39.8 Å². The Bertz CT molecular complexity index is 579. The normalized spacial score (nSPS) is 20.1. The van der Waals surface area contributed by atoms with E-state index in [4.69, 9.17) is 4.74 Å². The molecule has 2 aliphatic heterocycles. The van der Waals surface area contributed by atoms with Gasteiger partial charge >= 0.3 is 0 Å². The molecule has 2 fully saturated rings. The second kappa shape index (κ2) is 10.1. The van der Waals surface area contributed by atoms with E-state index < -0.39 is 0 Å². The van der Waals surface area contributed by atoms with E-state index in [1.807, 2.05) is 16.6 Å². The molecular formula is C19H34N6O2. The summed E-state index contributed by atoms with van der Waals surface area (Å²) in [6, 6.07) is 0. The second-order valence-corrected chi connectivity index (χ2v) is 8.21. The van der Waals surface area contributed by atoms with Gasteiger partial charge in [-0.2, -0.15) is 0 Å². The molecule has 3 heterocycles. The van der Waals surface area contributed by atoms with Crippen LogP contribution in [0.4, 0.5) is 0 Å². The van der Waals surface area contributed by atoms with Crippen molar-refractivity contribution < 1.29 is 9.53 Å². The Balaban J connectivity index is 1.38. The molecule has 0 atom stereocenters. The van der Waals surface area contributed by atoms with Crippen molar-refractivity contribution in [3.05, 3.63) is 5.82 Å². The quantitative estimate of drug-likeness (QED) is 0.683. The van der Waals surface area contributed by atoms with Crippen LogP contribution in [0.5, 0.6) is 0 Å². The molecule has 1 aromatic rings. The lowest BCUT2D eigenvalue weighted by Gasteiger charge is -2.29. The zero-order valence-corrected chi connectivity index (χ0v) is 16.8. The Morgan fingerprint density at radius 2 is 1.96 bits per heavy atom. The van der Waals surface area contributed by atoms with Gasteiger partial charge in [-0.3, -0.25) is 9.69 Å². The van der Waals surface area contributed by atoms with Gasteiger partial charge in [0.15, 0.2) is 5.82 Å². The minimum atomic E-state index is 0.209. The third kappa shape index (κ3) is 6.24. The summed E-state index contributed by atoms with van der Waals surface area (Å²) in [5.74, 6) is 2.51. The maximum absolute atomic E-state index is 12.4. The molecule has 152 valence electrons. The minimum Gasteiger partial charge on any atom is -0.381 e. The van der Waals surface area contributed by atoms with E-state index in [-0.39, 0.29) is 5.91 Å². The van der Waals surface area contributed by atoms with Crippen LogP contribution in [0.15, 0.2) is 0 Å². The number of amides is 1. The Kier molecular flexibility index (Phi) is 7.58. The van der Waals surface area contributed by atoms with Crippen LogP contribution in [0, 0.1) is 11.8 Å². The standard InChI is InChI=1S/C19H34N6O2/c1-16-5-10-24(11-6-16)15-18-20-21-22-25(18)9-3-4-19(26)23(2)14-17-7-12-27-13-8-17/h16-17H,3-15H2,1-2H3. The lowest BCUT2D eigenvalue weighted by atomic mass is 9.99. The summed E-state index contributed by atoms with van der Waals surface area (Å²) in [4.78, 5) is 16.7. The Hall–Kier alpha value is -1.54. The fourth-order valence-electron chi connectivity index (χ4n) is 3.92. The molecule has 0 N–H and O–H groups in total. The summed E-state index contributed by atoms with van der Waals surface area (Å²) in [6.45, 7) is 8.53. The van der Waals surface area contributed by atoms with Crippen molar-refractivity contribution in [1.29, 1.82) is 0 Å². The van der Waals surface area contributed by atoms with E-state index in [9.17, 15) is 4.79 Å².